The summed E-state index contributed by atoms with van der Waals surface area (Å²) in [6.45, 7) is 7.16. The lowest BCUT2D eigenvalue weighted by atomic mass is 10.1. The number of benzene rings is 1. The van der Waals surface area contributed by atoms with Gasteiger partial charge in [0.25, 0.3) is 0 Å². The van der Waals surface area contributed by atoms with E-state index in [9.17, 15) is 0 Å². The van der Waals surface area contributed by atoms with Crippen LogP contribution in [0.15, 0.2) is 46.8 Å². The third-order valence-electron chi connectivity index (χ3n) is 4.70. The van der Waals surface area contributed by atoms with Crippen LogP contribution >= 0.6 is 35.3 Å². The monoisotopic (exact) mass is 500 g/mol. The molecule has 0 radical (unpaired) electrons. The van der Waals surface area contributed by atoms with E-state index in [4.69, 9.17) is 0 Å². The summed E-state index contributed by atoms with van der Waals surface area (Å²) in [5, 5.41) is 5.65. The largest absolute Gasteiger partial charge is 0.352 e. The van der Waals surface area contributed by atoms with Crippen molar-refractivity contribution in [2.75, 3.05) is 27.7 Å². The molecule has 0 fully saturated rings. The highest BCUT2D eigenvalue weighted by Gasteiger charge is 2.10. The Bertz CT molecular complexity index is 685. The number of likely N-dealkylation sites (N-methyl/N-ethyl adjacent to an activating group) is 1. The van der Waals surface area contributed by atoms with Crippen LogP contribution in [0.3, 0.4) is 0 Å². The first kappa shape index (κ1) is 23.9. The summed E-state index contributed by atoms with van der Waals surface area (Å²) in [6.07, 6.45) is 1.05. The van der Waals surface area contributed by atoms with Crippen molar-refractivity contribution in [1.82, 2.24) is 15.1 Å². The second kappa shape index (κ2) is 12.4. The highest BCUT2D eigenvalue weighted by Crippen LogP contribution is 2.13. The van der Waals surface area contributed by atoms with Gasteiger partial charge in [-0.05, 0) is 49.9 Å². The van der Waals surface area contributed by atoms with Gasteiger partial charge in [-0.3, -0.25) is 9.89 Å². The Kier molecular flexibility index (Phi) is 10.9. The molecule has 1 heterocycles. The minimum absolute atomic E-state index is 0. The standard InChI is InChI=1S/C21H32N4S.HI/c1-17(2)25(5)16-19-10-7-6-9-18(19)15-23-21(22-3)24(4)13-12-20-11-8-14-26-20;/h6-11,14,17H,12-13,15-16H2,1-5H3,(H,22,23);1H. The first-order valence-electron chi connectivity index (χ1n) is 9.22. The molecule has 6 heteroatoms. The number of halogens is 1. The van der Waals surface area contributed by atoms with E-state index in [1.165, 1.54) is 16.0 Å². The Labute approximate surface area is 185 Å². The van der Waals surface area contributed by atoms with Crippen LogP contribution in [0.5, 0.6) is 0 Å². The fourth-order valence-electron chi connectivity index (χ4n) is 2.73. The minimum Gasteiger partial charge on any atom is -0.352 e. The summed E-state index contributed by atoms with van der Waals surface area (Å²) >= 11 is 1.81. The normalized spacial score (nSPS) is 11.6. The van der Waals surface area contributed by atoms with Crippen LogP contribution in [0.1, 0.15) is 29.9 Å². The predicted octanol–water partition coefficient (Wildman–Crippen LogP) is 4.46. The molecule has 150 valence electrons. The molecule has 0 bridgehead atoms. The molecule has 0 atom stereocenters. The Morgan fingerprint density at radius 2 is 1.81 bits per heavy atom. The molecule has 0 saturated heterocycles. The number of aliphatic imine (C=N–C) groups is 1. The van der Waals surface area contributed by atoms with Gasteiger partial charge in [0.1, 0.15) is 0 Å². The van der Waals surface area contributed by atoms with E-state index in [1.54, 1.807) is 0 Å². The molecule has 27 heavy (non-hydrogen) atoms. The maximum Gasteiger partial charge on any atom is 0.193 e. The van der Waals surface area contributed by atoms with Crippen LogP contribution in [0, 0.1) is 0 Å². The van der Waals surface area contributed by atoms with E-state index < -0.39 is 0 Å². The number of hydrogen-bond acceptors (Lipinski definition) is 3. The van der Waals surface area contributed by atoms with E-state index >= 15 is 0 Å². The van der Waals surface area contributed by atoms with Crippen molar-refractivity contribution in [3.05, 3.63) is 57.8 Å². The molecule has 2 aromatic rings. The van der Waals surface area contributed by atoms with Gasteiger partial charge in [-0.15, -0.1) is 35.3 Å². The average Bonchev–Trinajstić information content (AvgIpc) is 3.15. The first-order chi connectivity index (χ1) is 12.5. The van der Waals surface area contributed by atoms with Gasteiger partial charge < -0.3 is 10.2 Å². The van der Waals surface area contributed by atoms with Crippen LogP contribution < -0.4 is 5.32 Å². The summed E-state index contributed by atoms with van der Waals surface area (Å²) in [5.74, 6) is 0.938. The van der Waals surface area contributed by atoms with Crippen molar-refractivity contribution in [2.45, 2.75) is 39.4 Å². The lowest BCUT2D eigenvalue weighted by Gasteiger charge is -2.24. The number of hydrogen-bond donors (Lipinski definition) is 1. The van der Waals surface area contributed by atoms with E-state index in [1.807, 2.05) is 18.4 Å². The fourth-order valence-corrected chi connectivity index (χ4v) is 3.43. The third-order valence-corrected chi connectivity index (χ3v) is 5.64. The zero-order valence-electron chi connectivity index (χ0n) is 17.1. The Hall–Kier alpha value is -1.12. The molecule has 2 rings (SSSR count). The lowest BCUT2D eigenvalue weighted by Crippen LogP contribution is -2.39. The van der Waals surface area contributed by atoms with Gasteiger partial charge in [0.2, 0.25) is 0 Å². The maximum atomic E-state index is 4.45. The van der Waals surface area contributed by atoms with Crippen molar-refractivity contribution in [3.63, 3.8) is 0 Å². The summed E-state index contributed by atoms with van der Waals surface area (Å²) in [7, 11) is 6.12. The predicted molar refractivity (Wildman–Crippen MR) is 129 cm³/mol. The van der Waals surface area contributed by atoms with Crippen molar-refractivity contribution < 1.29 is 0 Å². The van der Waals surface area contributed by atoms with Crippen molar-refractivity contribution in [1.29, 1.82) is 0 Å². The number of rotatable bonds is 8. The molecular weight excluding hydrogens is 467 g/mol. The summed E-state index contributed by atoms with van der Waals surface area (Å²) in [4.78, 5) is 10.4. The number of guanidine groups is 1. The molecule has 0 unspecified atom stereocenters. The molecular formula is C21H33IN4S. The lowest BCUT2D eigenvalue weighted by molar-refractivity contribution is 0.265. The van der Waals surface area contributed by atoms with Crippen LogP contribution in [0.2, 0.25) is 0 Å². The minimum atomic E-state index is 0. The van der Waals surface area contributed by atoms with Crippen LogP contribution in [0.25, 0.3) is 0 Å². The Balaban J connectivity index is 0.00000364. The molecule has 0 spiro atoms. The number of thiophene rings is 1. The van der Waals surface area contributed by atoms with Gasteiger partial charge in [0.15, 0.2) is 5.96 Å². The molecule has 0 saturated carbocycles. The van der Waals surface area contributed by atoms with Gasteiger partial charge in [0.05, 0.1) is 0 Å². The molecule has 0 aliphatic carbocycles. The van der Waals surface area contributed by atoms with Crippen molar-refractivity contribution >= 4 is 41.3 Å². The van der Waals surface area contributed by atoms with E-state index in [0.717, 1.165) is 32.0 Å². The van der Waals surface area contributed by atoms with E-state index in [0.29, 0.717) is 6.04 Å². The first-order valence-corrected chi connectivity index (χ1v) is 10.1. The van der Waals surface area contributed by atoms with Gasteiger partial charge in [-0.2, -0.15) is 0 Å². The van der Waals surface area contributed by atoms with Crippen molar-refractivity contribution in [2.24, 2.45) is 4.99 Å². The molecule has 1 aromatic heterocycles. The quantitative estimate of drug-likeness (QED) is 0.330. The second-order valence-corrected chi connectivity index (χ2v) is 7.96. The smallest absolute Gasteiger partial charge is 0.193 e. The average molecular weight is 500 g/mol. The summed E-state index contributed by atoms with van der Waals surface area (Å²) in [6, 6.07) is 13.5. The summed E-state index contributed by atoms with van der Waals surface area (Å²) in [5.41, 5.74) is 2.70. The zero-order chi connectivity index (χ0) is 18.9. The zero-order valence-corrected chi connectivity index (χ0v) is 20.3. The summed E-state index contributed by atoms with van der Waals surface area (Å²) < 4.78 is 0. The molecule has 0 aliphatic heterocycles. The van der Waals surface area contributed by atoms with Gasteiger partial charge >= 0.3 is 0 Å². The molecule has 1 N–H and O–H groups in total. The van der Waals surface area contributed by atoms with Crippen LogP contribution in [0.4, 0.5) is 0 Å². The Morgan fingerprint density at radius 1 is 1.11 bits per heavy atom. The molecule has 0 amide bonds. The van der Waals surface area contributed by atoms with Gasteiger partial charge in [0, 0.05) is 44.6 Å². The van der Waals surface area contributed by atoms with E-state index in [-0.39, 0.29) is 24.0 Å². The highest BCUT2D eigenvalue weighted by atomic mass is 127. The Morgan fingerprint density at radius 3 is 2.41 bits per heavy atom. The highest BCUT2D eigenvalue weighted by molar-refractivity contribution is 14.0. The van der Waals surface area contributed by atoms with Gasteiger partial charge in [-0.25, -0.2) is 0 Å². The fraction of sp³-hybridized carbons (Fsp3) is 0.476. The van der Waals surface area contributed by atoms with Crippen molar-refractivity contribution in [3.8, 4) is 0 Å². The van der Waals surface area contributed by atoms with Gasteiger partial charge in [-0.1, -0.05) is 30.3 Å². The van der Waals surface area contributed by atoms with E-state index in [2.05, 4.69) is 89.8 Å². The molecule has 1 aromatic carbocycles. The molecule has 0 aliphatic rings. The third kappa shape index (κ3) is 7.79. The van der Waals surface area contributed by atoms with Crippen LogP contribution in [-0.4, -0.2) is 49.5 Å². The number of nitrogens with zero attached hydrogens (tertiary/aromatic N) is 3. The second-order valence-electron chi connectivity index (χ2n) is 6.93. The number of nitrogens with one attached hydrogen (secondary N) is 1. The van der Waals surface area contributed by atoms with Crippen LogP contribution in [-0.2, 0) is 19.5 Å². The SMILES string of the molecule is CN=C(NCc1ccccc1CN(C)C(C)C)N(C)CCc1cccs1.I. The molecule has 4 nitrogen and oxygen atoms in total. The topological polar surface area (TPSA) is 30.9 Å². The maximum absolute atomic E-state index is 4.45.